The number of unbranched alkanes of at least 4 members (excludes halogenated alkanes) is 5. The number of carbonyl (C=O) groups excluding carboxylic acids is 1. The van der Waals surface area contributed by atoms with Gasteiger partial charge in [-0.15, -0.1) is 0 Å². The van der Waals surface area contributed by atoms with Crippen molar-refractivity contribution in [2.24, 2.45) is 0 Å². The van der Waals surface area contributed by atoms with Crippen molar-refractivity contribution in [2.75, 3.05) is 33.0 Å². The van der Waals surface area contributed by atoms with Crippen molar-refractivity contribution in [1.29, 1.82) is 0 Å². The largest absolute Gasteiger partial charge is 0.457 e. The van der Waals surface area contributed by atoms with E-state index in [-0.39, 0.29) is 19.6 Å². The maximum atomic E-state index is 12.4. The highest BCUT2D eigenvalue weighted by Gasteiger charge is 2.47. The molecule has 0 bridgehead atoms. The van der Waals surface area contributed by atoms with Gasteiger partial charge < -0.3 is 64.2 Å². The second-order valence-electron chi connectivity index (χ2n) is 14.1. The predicted octanol–water partition coefficient (Wildman–Crippen LogP) is 3.45. The third kappa shape index (κ3) is 19.9. The van der Waals surface area contributed by atoms with Gasteiger partial charge >= 0.3 is 5.97 Å². The molecule has 2 fully saturated rings. The van der Waals surface area contributed by atoms with Crippen molar-refractivity contribution >= 4 is 5.97 Å². The predicted molar refractivity (Wildman–Crippen MR) is 210 cm³/mol. The maximum Gasteiger partial charge on any atom is 0.306 e. The zero-order valence-corrected chi connectivity index (χ0v) is 33.3. The van der Waals surface area contributed by atoms with E-state index in [2.05, 4.69) is 67.7 Å². The molecule has 2 aliphatic heterocycles. The minimum absolute atomic E-state index is 0.0372. The highest BCUT2D eigenvalue weighted by Crippen LogP contribution is 2.26. The molecule has 0 amide bonds. The van der Waals surface area contributed by atoms with Crippen LogP contribution in [-0.4, -0.2) is 142 Å². The van der Waals surface area contributed by atoms with Crippen LogP contribution in [0.1, 0.15) is 97.3 Å². The Kier molecular flexibility index (Phi) is 27.3. The average molecular weight is 799 g/mol. The van der Waals surface area contributed by atoms with Gasteiger partial charge in [-0.25, -0.2) is 0 Å². The Hall–Kier alpha value is -2.31. The lowest BCUT2D eigenvalue weighted by Gasteiger charge is -2.42. The van der Waals surface area contributed by atoms with Crippen LogP contribution < -0.4 is 0 Å². The smallest absolute Gasteiger partial charge is 0.306 e. The van der Waals surface area contributed by atoms with Crippen LogP contribution in [0, 0.1) is 0 Å². The van der Waals surface area contributed by atoms with Gasteiger partial charge in [0.1, 0.15) is 54.9 Å². The fourth-order valence-corrected chi connectivity index (χ4v) is 5.87. The monoisotopic (exact) mass is 798 g/mol. The van der Waals surface area contributed by atoms with Crippen molar-refractivity contribution in [2.45, 2.75) is 165 Å². The number of hydrogen-bond donors (Lipinski definition) is 7. The summed E-state index contributed by atoms with van der Waals surface area (Å²) in [6, 6.07) is 0. The Bertz CT molecular complexity index is 1160. The number of carbonyl (C=O) groups is 1. The van der Waals surface area contributed by atoms with Crippen molar-refractivity contribution in [3.05, 3.63) is 60.8 Å². The summed E-state index contributed by atoms with van der Waals surface area (Å²) in [7, 11) is 0. The van der Waals surface area contributed by atoms with Crippen molar-refractivity contribution in [3.8, 4) is 0 Å². The number of esters is 1. The molecule has 2 heterocycles. The third-order valence-corrected chi connectivity index (χ3v) is 9.29. The molecule has 0 aliphatic carbocycles. The van der Waals surface area contributed by atoms with Gasteiger partial charge in [0.25, 0.3) is 0 Å². The summed E-state index contributed by atoms with van der Waals surface area (Å²) in [6.07, 6.45) is 17.2. The number of rotatable bonds is 29. The van der Waals surface area contributed by atoms with Crippen LogP contribution in [0.2, 0.25) is 0 Å². The summed E-state index contributed by atoms with van der Waals surface area (Å²) < 4.78 is 33.6. The zero-order valence-electron chi connectivity index (χ0n) is 33.3. The fourth-order valence-electron chi connectivity index (χ4n) is 5.87. The molecule has 0 spiro atoms. The molecule has 11 atom stereocenters. The number of aliphatic hydroxyl groups excluding tert-OH is 7. The standard InChI is InChI=1S/C42H70O14/c1-3-5-7-8-9-10-11-12-13-14-15-16-17-18-19-20-21-22-23-24-26-51-28-31(54-34(44)25-6-4-2)29-52-41-40(50)38(48)36(46)33(56-41)30-53-42-39(49)37(47)35(45)32(27-43)55-42/h5,7,9-10,12-13,15-16,18-19,31-33,35-43,45-50H,3-4,6,8,11,14,17,20-30H2,1-2H3/b7-5-,10-9-,13-12-,16-15-,19-18-. The first-order chi connectivity index (χ1) is 27.1. The number of hydrogen-bond acceptors (Lipinski definition) is 14. The van der Waals surface area contributed by atoms with E-state index in [1.54, 1.807) is 0 Å². The van der Waals surface area contributed by atoms with Crippen molar-refractivity contribution in [3.63, 3.8) is 0 Å². The Morgan fingerprint density at radius 1 is 0.607 bits per heavy atom. The molecule has 14 heteroatoms. The van der Waals surface area contributed by atoms with E-state index in [1.165, 1.54) is 0 Å². The molecule has 2 rings (SSSR count). The molecular weight excluding hydrogens is 728 g/mol. The molecule has 0 aromatic rings. The van der Waals surface area contributed by atoms with E-state index >= 15 is 0 Å². The summed E-state index contributed by atoms with van der Waals surface area (Å²) in [4.78, 5) is 12.4. The second kappa shape index (κ2) is 30.7. The Morgan fingerprint density at radius 3 is 1.73 bits per heavy atom. The Balaban J connectivity index is 1.70. The molecule has 2 saturated heterocycles. The topological polar surface area (TPSA) is 214 Å². The summed E-state index contributed by atoms with van der Waals surface area (Å²) in [5.41, 5.74) is 0. The molecule has 322 valence electrons. The van der Waals surface area contributed by atoms with Gasteiger partial charge in [0.05, 0.1) is 26.4 Å². The molecule has 56 heavy (non-hydrogen) atoms. The molecule has 0 aromatic carbocycles. The first-order valence-electron chi connectivity index (χ1n) is 20.4. The van der Waals surface area contributed by atoms with Crippen LogP contribution in [-0.2, 0) is 33.2 Å². The van der Waals surface area contributed by atoms with E-state index in [0.29, 0.717) is 13.0 Å². The lowest BCUT2D eigenvalue weighted by Crippen LogP contribution is -2.61. The zero-order chi connectivity index (χ0) is 41.0. The van der Waals surface area contributed by atoms with Crippen molar-refractivity contribution < 1.29 is 69.0 Å². The van der Waals surface area contributed by atoms with Crippen molar-refractivity contribution in [1.82, 2.24) is 0 Å². The SMILES string of the molecule is CC/C=C\C/C=C\C/C=C\C/C=C\C/C=C\CCCCCCOCC(COC1OC(COC2OC(CO)C(O)C(O)C2O)C(O)C(O)C1O)OC(=O)CCCC. The maximum absolute atomic E-state index is 12.4. The van der Waals surface area contributed by atoms with E-state index in [4.69, 9.17) is 28.4 Å². The lowest BCUT2D eigenvalue weighted by molar-refractivity contribution is -0.332. The highest BCUT2D eigenvalue weighted by molar-refractivity contribution is 5.69. The molecule has 11 unspecified atom stereocenters. The Labute approximate surface area is 333 Å². The molecule has 0 aromatic heterocycles. The quantitative estimate of drug-likeness (QED) is 0.0328. The van der Waals surface area contributed by atoms with E-state index < -0.39 is 86.7 Å². The van der Waals surface area contributed by atoms with E-state index in [9.17, 15) is 40.5 Å². The van der Waals surface area contributed by atoms with Crippen LogP contribution >= 0.6 is 0 Å². The molecule has 0 saturated carbocycles. The van der Waals surface area contributed by atoms with E-state index in [1.807, 2.05) is 6.92 Å². The summed E-state index contributed by atoms with van der Waals surface area (Å²) in [6.45, 7) is 3.20. The van der Waals surface area contributed by atoms with Crippen LogP contribution in [0.15, 0.2) is 60.8 Å². The first-order valence-corrected chi connectivity index (χ1v) is 20.4. The van der Waals surface area contributed by atoms with Gasteiger partial charge in [0.15, 0.2) is 12.6 Å². The third-order valence-electron chi connectivity index (χ3n) is 9.29. The molecule has 2 aliphatic rings. The molecule has 7 N–H and O–H groups in total. The van der Waals surface area contributed by atoms with Crippen LogP contribution in [0.5, 0.6) is 0 Å². The normalized spacial score (nSPS) is 29.4. The summed E-state index contributed by atoms with van der Waals surface area (Å²) in [5, 5.41) is 71.3. The fraction of sp³-hybridized carbons (Fsp3) is 0.738. The molecular formula is C42H70O14. The average Bonchev–Trinajstić information content (AvgIpc) is 3.19. The summed E-state index contributed by atoms with van der Waals surface area (Å²) >= 11 is 0. The molecule has 0 radical (unpaired) electrons. The van der Waals surface area contributed by atoms with Gasteiger partial charge in [-0.3, -0.25) is 4.79 Å². The summed E-state index contributed by atoms with van der Waals surface area (Å²) in [5.74, 6) is -0.425. The minimum atomic E-state index is -1.71. The van der Waals surface area contributed by atoms with Gasteiger partial charge in [-0.05, 0) is 57.8 Å². The van der Waals surface area contributed by atoms with Crippen LogP contribution in [0.4, 0.5) is 0 Å². The number of aliphatic hydroxyl groups is 7. The Morgan fingerprint density at radius 2 is 1.14 bits per heavy atom. The van der Waals surface area contributed by atoms with Gasteiger partial charge in [-0.2, -0.15) is 0 Å². The number of allylic oxidation sites excluding steroid dienone is 10. The van der Waals surface area contributed by atoms with Crippen LogP contribution in [0.25, 0.3) is 0 Å². The van der Waals surface area contributed by atoms with Gasteiger partial charge in [0.2, 0.25) is 0 Å². The molecule has 14 nitrogen and oxygen atoms in total. The first kappa shape index (κ1) is 49.8. The van der Waals surface area contributed by atoms with Gasteiger partial charge in [-0.1, -0.05) is 93.9 Å². The number of ether oxygens (including phenoxy) is 6. The van der Waals surface area contributed by atoms with Gasteiger partial charge in [0, 0.05) is 13.0 Å². The lowest BCUT2D eigenvalue weighted by atomic mass is 9.98. The highest BCUT2D eigenvalue weighted by atomic mass is 16.7. The van der Waals surface area contributed by atoms with Crippen LogP contribution in [0.3, 0.4) is 0 Å². The van der Waals surface area contributed by atoms with E-state index in [0.717, 1.165) is 70.6 Å². The second-order valence-corrected chi connectivity index (χ2v) is 14.1. The minimum Gasteiger partial charge on any atom is -0.457 e.